The van der Waals surface area contributed by atoms with E-state index in [1.807, 2.05) is 36.4 Å². The molecular weight excluding hydrogens is 366 g/mol. The highest BCUT2D eigenvalue weighted by molar-refractivity contribution is 7.14. The molecule has 7 heteroatoms. The number of carboxylic acids is 1. The fourth-order valence-corrected chi connectivity index (χ4v) is 3.43. The molecule has 1 aromatic heterocycles. The van der Waals surface area contributed by atoms with Crippen molar-refractivity contribution in [3.05, 3.63) is 65.5 Å². The maximum absolute atomic E-state index is 12.0. The van der Waals surface area contributed by atoms with Gasteiger partial charge in [-0.25, -0.2) is 4.79 Å². The second kappa shape index (κ2) is 7.92. The van der Waals surface area contributed by atoms with Gasteiger partial charge in [0.05, 0.1) is 12.7 Å². The van der Waals surface area contributed by atoms with Crippen LogP contribution in [0.15, 0.2) is 60.0 Å². The summed E-state index contributed by atoms with van der Waals surface area (Å²) < 4.78 is 5.37. The summed E-state index contributed by atoms with van der Waals surface area (Å²) >= 11 is 1.12. The summed E-state index contributed by atoms with van der Waals surface area (Å²) in [5, 5.41) is 12.1. The molecule has 2 aromatic carbocycles. The number of nitrogens with zero attached hydrogens (tertiary/aromatic N) is 1. The van der Waals surface area contributed by atoms with Crippen molar-refractivity contribution < 1.29 is 24.3 Å². The Morgan fingerprint density at radius 2 is 1.74 bits per heavy atom. The standard InChI is InChI=1S/C20H17NO5S/c1-13(22)21(19-17(20(23)24)11-12-27-19)26-15-9-7-14(8-10-15)16-5-3-4-6-18(16)25-2/h3-12H,1-2H3,(H,23,24). The highest BCUT2D eigenvalue weighted by Gasteiger charge is 2.23. The van der Waals surface area contributed by atoms with Crippen LogP contribution in [0.2, 0.25) is 0 Å². The third-order valence-electron chi connectivity index (χ3n) is 3.81. The number of carbonyl (C=O) groups excluding carboxylic acids is 1. The Hall–Kier alpha value is -3.32. The quantitative estimate of drug-likeness (QED) is 0.636. The Morgan fingerprint density at radius 1 is 1.04 bits per heavy atom. The number of carboxylic acid groups (broad SMARTS) is 1. The minimum atomic E-state index is -1.12. The van der Waals surface area contributed by atoms with Gasteiger partial charge in [-0.05, 0) is 35.2 Å². The largest absolute Gasteiger partial charge is 0.496 e. The molecule has 0 aliphatic rings. The Morgan fingerprint density at radius 3 is 2.37 bits per heavy atom. The number of hydrogen-bond donors (Lipinski definition) is 1. The van der Waals surface area contributed by atoms with Crippen molar-refractivity contribution in [2.24, 2.45) is 0 Å². The van der Waals surface area contributed by atoms with Crippen molar-refractivity contribution in [2.45, 2.75) is 6.92 Å². The minimum absolute atomic E-state index is 0.0147. The number of hydroxylamine groups is 1. The van der Waals surface area contributed by atoms with Gasteiger partial charge in [0.25, 0.3) is 5.91 Å². The molecule has 6 nitrogen and oxygen atoms in total. The summed E-state index contributed by atoms with van der Waals surface area (Å²) in [6.45, 7) is 1.31. The number of para-hydroxylation sites is 1. The number of methoxy groups -OCH3 is 1. The molecule has 0 saturated carbocycles. The van der Waals surface area contributed by atoms with Crippen LogP contribution in [0.25, 0.3) is 11.1 Å². The minimum Gasteiger partial charge on any atom is -0.496 e. The molecule has 27 heavy (non-hydrogen) atoms. The normalized spacial score (nSPS) is 10.3. The lowest BCUT2D eigenvalue weighted by molar-refractivity contribution is -0.120. The van der Waals surface area contributed by atoms with E-state index in [9.17, 15) is 14.7 Å². The first-order valence-corrected chi connectivity index (χ1v) is 8.92. The Labute approximate surface area is 160 Å². The monoisotopic (exact) mass is 383 g/mol. The van der Waals surface area contributed by atoms with Gasteiger partial charge in [0, 0.05) is 12.5 Å². The molecule has 3 aromatic rings. The predicted molar refractivity (Wildman–Crippen MR) is 103 cm³/mol. The molecule has 138 valence electrons. The van der Waals surface area contributed by atoms with Gasteiger partial charge in [-0.1, -0.05) is 30.3 Å². The molecule has 1 heterocycles. The first-order chi connectivity index (χ1) is 13.0. The Balaban J connectivity index is 1.87. The van der Waals surface area contributed by atoms with Gasteiger partial charge in [0.15, 0.2) is 10.8 Å². The molecule has 0 aliphatic carbocycles. The molecule has 1 N–H and O–H groups in total. The second-order valence-corrected chi connectivity index (χ2v) is 6.47. The van der Waals surface area contributed by atoms with Gasteiger partial charge in [0.2, 0.25) is 0 Å². The van der Waals surface area contributed by atoms with Crippen LogP contribution in [0.4, 0.5) is 5.00 Å². The van der Waals surface area contributed by atoms with Gasteiger partial charge in [0.1, 0.15) is 5.75 Å². The van der Waals surface area contributed by atoms with Crippen molar-refractivity contribution in [1.82, 2.24) is 0 Å². The van der Waals surface area contributed by atoms with E-state index in [0.29, 0.717) is 5.75 Å². The molecule has 0 fully saturated rings. The lowest BCUT2D eigenvalue weighted by Gasteiger charge is -2.20. The molecular formula is C20H17NO5S. The van der Waals surface area contributed by atoms with Crippen LogP contribution < -0.4 is 14.6 Å². The molecule has 3 rings (SSSR count). The van der Waals surface area contributed by atoms with Gasteiger partial charge in [-0.3, -0.25) is 4.79 Å². The number of carbonyl (C=O) groups is 2. The summed E-state index contributed by atoms with van der Waals surface area (Å²) in [7, 11) is 1.61. The number of hydrogen-bond acceptors (Lipinski definition) is 5. The number of amides is 1. The number of rotatable bonds is 6. The van der Waals surface area contributed by atoms with Gasteiger partial charge in [-0.2, -0.15) is 0 Å². The Bertz CT molecular complexity index is 965. The zero-order valence-electron chi connectivity index (χ0n) is 14.7. The van der Waals surface area contributed by atoms with Crippen LogP contribution in [0.3, 0.4) is 0 Å². The fraction of sp³-hybridized carbons (Fsp3) is 0.100. The van der Waals surface area contributed by atoms with Crippen LogP contribution in [0.5, 0.6) is 11.5 Å². The van der Waals surface area contributed by atoms with Gasteiger partial charge < -0.3 is 14.7 Å². The van der Waals surface area contributed by atoms with E-state index < -0.39 is 11.9 Å². The molecule has 0 unspecified atom stereocenters. The van der Waals surface area contributed by atoms with Crippen LogP contribution in [-0.4, -0.2) is 24.1 Å². The van der Waals surface area contributed by atoms with E-state index in [2.05, 4.69) is 0 Å². The number of ether oxygens (including phenoxy) is 1. The first-order valence-electron chi connectivity index (χ1n) is 8.04. The van der Waals surface area contributed by atoms with E-state index in [4.69, 9.17) is 9.57 Å². The topological polar surface area (TPSA) is 76.1 Å². The summed E-state index contributed by atoms with van der Waals surface area (Å²) in [4.78, 5) is 29.0. The van der Waals surface area contributed by atoms with Gasteiger partial charge in [-0.15, -0.1) is 16.4 Å². The number of anilines is 1. The highest BCUT2D eigenvalue weighted by Crippen LogP contribution is 2.32. The number of benzene rings is 2. The number of thiophene rings is 1. The molecule has 0 spiro atoms. The lowest BCUT2D eigenvalue weighted by Crippen LogP contribution is -2.32. The predicted octanol–water partition coefficient (Wildman–Crippen LogP) is 4.47. The third-order valence-corrected chi connectivity index (χ3v) is 4.70. The Kier molecular flexibility index (Phi) is 5.42. The van der Waals surface area contributed by atoms with Crippen molar-refractivity contribution in [1.29, 1.82) is 0 Å². The average Bonchev–Trinajstić information content (AvgIpc) is 3.16. The second-order valence-electron chi connectivity index (χ2n) is 5.57. The molecule has 0 atom stereocenters. The molecule has 0 radical (unpaired) electrons. The van der Waals surface area contributed by atoms with Crippen LogP contribution >= 0.6 is 11.3 Å². The molecule has 0 aliphatic heterocycles. The van der Waals surface area contributed by atoms with Crippen molar-refractivity contribution in [3.63, 3.8) is 0 Å². The summed E-state index contributed by atoms with van der Waals surface area (Å²) in [5.74, 6) is -0.379. The SMILES string of the molecule is COc1ccccc1-c1ccc(ON(C(C)=O)c2sccc2C(=O)O)cc1. The molecule has 1 amide bonds. The van der Waals surface area contributed by atoms with E-state index in [0.717, 1.165) is 33.3 Å². The fourth-order valence-electron chi connectivity index (χ4n) is 2.55. The first kappa shape index (κ1) is 18.5. The van der Waals surface area contributed by atoms with Crippen LogP contribution in [-0.2, 0) is 4.79 Å². The smallest absolute Gasteiger partial charge is 0.338 e. The van der Waals surface area contributed by atoms with E-state index in [-0.39, 0.29) is 10.6 Å². The highest BCUT2D eigenvalue weighted by atomic mass is 32.1. The lowest BCUT2D eigenvalue weighted by atomic mass is 10.0. The maximum atomic E-state index is 12.0. The van der Waals surface area contributed by atoms with Crippen molar-refractivity contribution in [3.8, 4) is 22.6 Å². The van der Waals surface area contributed by atoms with E-state index in [1.54, 1.807) is 24.6 Å². The van der Waals surface area contributed by atoms with Crippen molar-refractivity contribution in [2.75, 3.05) is 12.2 Å². The maximum Gasteiger partial charge on any atom is 0.338 e. The van der Waals surface area contributed by atoms with E-state index in [1.165, 1.54) is 13.0 Å². The zero-order valence-corrected chi connectivity index (χ0v) is 15.5. The van der Waals surface area contributed by atoms with Crippen molar-refractivity contribution >= 4 is 28.2 Å². The summed E-state index contributed by atoms with van der Waals surface area (Å²) in [6, 6.07) is 16.2. The van der Waals surface area contributed by atoms with Crippen LogP contribution in [0.1, 0.15) is 17.3 Å². The van der Waals surface area contributed by atoms with Crippen LogP contribution in [0, 0.1) is 0 Å². The summed E-state index contributed by atoms with van der Waals surface area (Å²) in [6.07, 6.45) is 0. The summed E-state index contributed by atoms with van der Waals surface area (Å²) in [5.41, 5.74) is 1.87. The molecule has 0 bridgehead atoms. The van der Waals surface area contributed by atoms with E-state index >= 15 is 0 Å². The molecule has 0 saturated heterocycles. The van der Waals surface area contributed by atoms with Gasteiger partial charge >= 0.3 is 5.97 Å². The third kappa shape index (κ3) is 3.93. The zero-order chi connectivity index (χ0) is 19.4. The average molecular weight is 383 g/mol. The number of aromatic carboxylic acids is 1.